The van der Waals surface area contributed by atoms with E-state index in [1.807, 2.05) is 13.0 Å². The molecule has 2 N–H and O–H groups in total. The fourth-order valence-electron chi connectivity index (χ4n) is 4.56. The summed E-state index contributed by atoms with van der Waals surface area (Å²) in [5.41, 5.74) is 0.121. The quantitative estimate of drug-likeness (QED) is 0.549. The third-order valence-electron chi connectivity index (χ3n) is 6.43. The van der Waals surface area contributed by atoms with Crippen molar-refractivity contribution in [3.63, 3.8) is 0 Å². The van der Waals surface area contributed by atoms with Gasteiger partial charge < -0.3 is 29.4 Å². The zero-order chi connectivity index (χ0) is 26.2. The normalized spacial score (nSPS) is 18.5. The fraction of sp³-hybridized carbons (Fsp3) is 0.478. The van der Waals surface area contributed by atoms with Crippen molar-refractivity contribution in [2.45, 2.75) is 32.2 Å². The van der Waals surface area contributed by atoms with Crippen LogP contribution in [0.1, 0.15) is 24.6 Å². The number of nitrogens with zero attached hydrogens (tertiary/aromatic N) is 5. The number of hydrogen-bond donors (Lipinski definition) is 2. The van der Waals surface area contributed by atoms with E-state index in [-0.39, 0.29) is 12.0 Å². The third kappa shape index (κ3) is 5.15. The van der Waals surface area contributed by atoms with Crippen LogP contribution in [-0.4, -0.2) is 63.7 Å². The van der Waals surface area contributed by atoms with E-state index >= 15 is 0 Å². The molecule has 194 valence electrons. The second-order valence-corrected chi connectivity index (χ2v) is 9.07. The molecular weight excluding hydrogens is 479 g/mol. The molecule has 2 atom stereocenters. The number of aromatic nitrogens is 4. The highest BCUT2D eigenvalue weighted by Gasteiger charge is 2.34. The van der Waals surface area contributed by atoms with E-state index in [0.29, 0.717) is 44.0 Å². The second-order valence-electron chi connectivity index (χ2n) is 9.07. The number of aromatic amines is 1. The number of ether oxygens (including phenoxy) is 1. The number of halogens is 3. The molecule has 0 unspecified atom stereocenters. The molecule has 36 heavy (non-hydrogen) atoms. The van der Waals surface area contributed by atoms with Gasteiger partial charge in [0.05, 0.1) is 18.4 Å². The van der Waals surface area contributed by atoms with Crippen LogP contribution in [0.25, 0.3) is 11.2 Å². The van der Waals surface area contributed by atoms with Crippen LogP contribution in [-0.2, 0) is 24.6 Å². The molecule has 4 rings (SSSR count). The number of pyridine rings is 1. The first-order valence-corrected chi connectivity index (χ1v) is 11.4. The minimum Gasteiger partial charge on any atom is -0.378 e. The monoisotopic (exact) mass is 507 g/mol. The minimum absolute atomic E-state index is 0.0200. The molecule has 0 aromatic carbocycles. The Kier molecular flexibility index (Phi) is 6.94. The maximum atomic E-state index is 13.2. The van der Waals surface area contributed by atoms with Crippen LogP contribution in [0.5, 0.6) is 0 Å². The van der Waals surface area contributed by atoms with Gasteiger partial charge in [-0.05, 0) is 24.5 Å². The zero-order valence-corrected chi connectivity index (χ0v) is 20.4. The summed E-state index contributed by atoms with van der Waals surface area (Å²) in [5.74, 6) is 0.738. The van der Waals surface area contributed by atoms with Gasteiger partial charge in [0, 0.05) is 52.2 Å². The highest BCUT2D eigenvalue weighted by Crippen LogP contribution is 2.30. The Morgan fingerprint density at radius 2 is 2.11 bits per heavy atom. The van der Waals surface area contributed by atoms with Crippen LogP contribution in [0, 0.1) is 5.92 Å². The summed E-state index contributed by atoms with van der Waals surface area (Å²) in [5, 5.41) is 2.36. The Bertz CT molecular complexity index is 1320. The molecule has 3 aromatic rings. The predicted octanol–water partition coefficient (Wildman–Crippen LogP) is 3.20. The summed E-state index contributed by atoms with van der Waals surface area (Å²) in [6.07, 6.45) is -1.64. The number of carbonyl (C=O) groups is 1. The lowest BCUT2D eigenvalue weighted by atomic mass is 9.93. The average Bonchev–Trinajstić information content (AvgIpc) is 3.22. The number of urea groups is 1. The van der Waals surface area contributed by atoms with Crippen LogP contribution in [0.15, 0.2) is 29.3 Å². The fourth-order valence-corrected chi connectivity index (χ4v) is 4.56. The van der Waals surface area contributed by atoms with E-state index in [4.69, 9.17) is 9.72 Å². The van der Waals surface area contributed by atoms with Crippen molar-refractivity contribution < 1.29 is 22.7 Å². The van der Waals surface area contributed by atoms with Crippen molar-refractivity contribution in [3.05, 3.63) is 46.1 Å². The largest absolute Gasteiger partial charge is 0.417 e. The molecule has 0 bridgehead atoms. The highest BCUT2D eigenvalue weighted by atomic mass is 19.4. The Morgan fingerprint density at radius 3 is 2.78 bits per heavy atom. The van der Waals surface area contributed by atoms with Gasteiger partial charge in [0.1, 0.15) is 17.0 Å². The molecule has 0 spiro atoms. The number of hydrogen-bond acceptors (Lipinski definition) is 6. The summed E-state index contributed by atoms with van der Waals surface area (Å²) in [7, 11) is 4.40. The Labute approximate surface area is 205 Å². The zero-order valence-electron chi connectivity index (χ0n) is 20.4. The first-order chi connectivity index (χ1) is 17.0. The van der Waals surface area contributed by atoms with E-state index in [1.54, 1.807) is 20.4 Å². The van der Waals surface area contributed by atoms with E-state index < -0.39 is 29.0 Å². The number of aryl methyl sites for hydroxylation is 1. The number of anilines is 2. The molecule has 13 heteroatoms. The van der Waals surface area contributed by atoms with Crippen LogP contribution in [0.3, 0.4) is 0 Å². The molecule has 1 fully saturated rings. The third-order valence-corrected chi connectivity index (χ3v) is 6.43. The maximum absolute atomic E-state index is 13.2. The van der Waals surface area contributed by atoms with Crippen molar-refractivity contribution in [3.8, 4) is 0 Å². The van der Waals surface area contributed by atoms with Crippen LogP contribution < -0.4 is 15.8 Å². The van der Waals surface area contributed by atoms with Gasteiger partial charge in [-0.3, -0.25) is 4.79 Å². The van der Waals surface area contributed by atoms with E-state index in [2.05, 4.69) is 20.2 Å². The Balaban J connectivity index is 1.44. The standard InChI is InChI=1S/C23H28F3N7O3/c1-13-10-33(19-9-27-20-16(29-19)8-15(28-20)12-36-4)6-5-18(13)32(3)22(35)30-17-7-14(23(24,25)26)11-31(2)21(17)34/h7-9,11,13,18H,5-6,10,12H2,1-4H3,(H,27,28)(H,30,35)/t13-,18-/m0/s1. The van der Waals surface area contributed by atoms with Crippen LogP contribution in [0.2, 0.25) is 0 Å². The molecule has 0 radical (unpaired) electrons. The number of rotatable bonds is 5. The van der Waals surface area contributed by atoms with Gasteiger partial charge in [0.25, 0.3) is 5.56 Å². The van der Waals surface area contributed by atoms with Crippen molar-refractivity contribution in [1.82, 2.24) is 24.4 Å². The molecular formula is C23H28F3N7O3. The Morgan fingerprint density at radius 1 is 1.36 bits per heavy atom. The van der Waals surface area contributed by atoms with Gasteiger partial charge >= 0.3 is 12.2 Å². The summed E-state index contributed by atoms with van der Waals surface area (Å²) < 4.78 is 45.4. The van der Waals surface area contributed by atoms with E-state index in [1.165, 1.54) is 11.9 Å². The lowest BCUT2D eigenvalue weighted by molar-refractivity contribution is -0.138. The number of H-pyrrole nitrogens is 1. The SMILES string of the molecule is COCc1cc2nc(N3CC[C@H](N(C)C(=O)Nc4cc(C(F)(F)F)cn(C)c4=O)[C@@H](C)C3)cnc2[nH]1. The number of fused-ring (bicyclic) bond motifs is 1. The van der Waals surface area contributed by atoms with E-state index in [9.17, 15) is 22.8 Å². The molecule has 2 amide bonds. The first kappa shape index (κ1) is 25.5. The number of nitrogens with one attached hydrogen (secondary N) is 2. The van der Waals surface area contributed by atoms with Crippen molar-refractivity contribution in [2.75, 3.05) is 37.5 Å². The summed E-state index contributed by atoms with van der Waals surface area (Å²) in [4.78, 5) is 41.0. The molecule has 3 aromatic heterocycles. The van der Waals surface area contributed by atoms with Crippen molar-refractivity contribution in [1.29, 1.82) is 0 Å². The predicted molar refractivity (Wildman–Crippen MR) is 128 cm³/mol. The Hall–Kier alpha value is -3.61. The first-order valence-electron chi connectivity index (χ1n) is 11.4. The van der Waals surface area contributed by atoms with Gasteiger partial charge in [-0.1, -0.05) is 6.92 Å². The molecule has 4 heterocycles. The average molecular weight is 508 g/mol. The highest BCUT2D eigenvalue weighted by molar-refractivity contribution is 5.89. The summed E-state index contributed by atoms with van der Waals surface area (Å²) >= 11 is 0. The lowest BCUT2D eigenvalue weighted by Gasteiger charge is -2.41. The van der Waals surface area contributed by atoms with Crippen LogP contribution >= 0.6 is 0 Å². The molecule has 10 nitrogen and oxygen atoms in total. The molecule has 1 aliphatic heterocycles. The summed E-state index contributed by atoms with van der Waals surface area (Å²) in [6.45, 7) is 3.62. The van der Waals surface area contributed by atoms with Crippen molar-refractivity contribution >= 4 is 28.7 Å². The van der Waals surface area contributed by atoms with Gasteiger partial charge in [0.15, 0.2) is 5.65 Å². The number of methoxy groups -OCH3 is 1. The van der Waals surface area contributed by atoms with Gasteiger partial charge in [-0.2, -0.15) is 13.2 Å². The second kappa shape index (κ2) is 9.80. The number of amides is 2. The number of carbonyl (C=O) groups excluding carboxylic acids is 1. The smallest absolute Gasteiger partial charge is 0.378 e. The molecule has 0 saturated carbocycles. The number of piperidine rings is 1. The molecule has 1 saturated heterocycles. The molecule has 1 aliphatic rings. The minimum atomic E-state index is -4.64. The van der Waals surface area contributed by atoms with E-state index in [0.717, 1.165) is 21.6 Å². The lowest BCUT2D eigenvalue weighted by Crippen LogP contribution is -2.52. The maximum Gasteiger partial charge on any atom is 0.417 e. The van der Waals surface area contributed by atoms with Gasteiger partial charge in [-0.15, -0.1) is 0 Å². The van der Waals surface area contributed by atoms with Crippen LogP contribution in [0.4, 0.5) is 29.5 Å². The topological polar surface area (TPSA) is 108 Å². The van der Waals surface area contributed by atoms with Gasteiger partial charge in [0.2, 0.25) is 0 Å². The summed E-state index contributed by atoms with van der Waals surface area (Å²) in [6, 6.07) is 1.72. The van der Waals surface area contributed by atoms with Gasteiger partial charge in [-0.25, -0.2) is 14.8 Å². The van der Waals surface area contributed by atoms with Crippen molar-refractivity contribution in [2.24, 2.45) is 13.0 Å². The molecule has 0 aliphatic carbocycles. The number of alkyl halides is 3.